The van der Waals surface area contributed by atoms with Crippen LogP contribution in [-0.4, -0.2) is 16.8 Å². The highest BCUT2D eigenvalue weighted by molar-refractivity contribution is 7.10. The summed E-state index contributed by atoms with van der Waals surface area (Å²) in [5.74, 6) is -3.03. The third-order valence-electron chi connectivity index (χ3n) is 4.48. The van der Waals surface area contributed by atoms with Gasteiger partial charge in [0.1, 0.15) is 23.4 Å². The summed E-state index contributed by atoms with van der Waals surface area (Å²) < 4.78 is 26.6. The Hall–Kier alpha value is -3.32. The Morgan fingerprint density at radius 3 is 2.11 bits per heavy atom. The highest BCUT2D eigenvalue weighted by atomic mass is 32.1. The summed E-state index contributed by atoms with van der Waals surface area (Å²) in [4.78, 5) is 27.5. The summed E-state index contributed by atoms with van der Waals surface area (Å²) in [6.45, 7) is 0. The van der Waals surface area contributed by atoms with Crippen molar-refractivity contribution in [1.29, 1.82) is 0 Å². The van der Waals surface area contributed by atoms with E-state index in [1.807, 2.05) is 0 Å². The second-order valence-corrected chi connectivity index (χ2v) is 7.15. The first kappa shape index (κ1) is 18.1. The molecule has 1 aromatic heterocycles. The monoisotopic (exact) mass is 397 g/mol. The Bertz CT molecular complexity index is 1070. The average molecular weight is 397 g/mol. The van der Waals surface area contributed by atoms with E-state index in [1.165, 1.54) is 52.6 Å². The Labute approximate surface area is 163 Å². The maximum Gasteiger partial charge on any atom is 0.300 e. The lowest BCUT2D eigenvalue weighted by molar-refractivity contribution is -0.132. The molecule has 1 aliphatic heterocycles. The zero-order valence-corrected chi connectivity index (χ0v) is 15.1. The first-order valence-electron chi connectivity index (χ1n) is 8.33. The standard InChI is InChI=1S/C21H13F2NO3S/c22-13-5-3-12(4-6-13)19(25)17-18(16-2-1-11-28-16)24(21(27)20(17)26)15-9-7-14(23)8-10-15/h1-11,18,25H/b19-17-. The largest absolute Gasteiger partial charge is 0.507 e. The van der Waals surface area contributed by atoms with Crippen molar-refractivity contribution in [3.05, 3.63) is 93.7 Å². The predicted octanol–water partition coefficient (Wildman–Crippen LogP) is 4.65. The first-order valence-corrected chi connectivity index (χ1v) is 9.21. The second-order valence-electron chi connectivity index (χ2n) is 6.17. The number of carbonyl (C=O) groups excluding carboxylic acids is 2. The van der Waals surface area contributed by atoms with E-state index in [0.717, 1.165) is 12.1 Å². The lowest BCUT2D eigenvalue weighted by Gasteiger charge is -2.24. The van der Waals surface area contributed by atoms with Gasteiger partial charge in [-0.25, -0.2) is 8.78 Å². The topological polar surface area (TPSA) is 57.6 Å². The number of anilines is 1. The zero-order valence-electron chi connectivity index (χ0n) is 14.3. The summed E-state index contributed by atoms with van der Waals surface area (Å²) in [6.07, 6.45) is 0. The number of halogens is 2. The van der Waals surface area contributed by atoms with Crippen LogP contribution in [0.1, 0.15) is 16.5 Å². The van der Waals surface area contributed by atoms with Gasteiger partial charge >= 0.3 is 0 Å². The van der Waals surface area contributed by atoms with E-state index < -0.39 is 29.4 Å². The lowest BCUT2D eigenvalue weighted by Crippen LogP contribution is -2.29. The van der Waals surface area contributed by atoms with Crippen molar-refractivity contribution in [2.75, 3.05) is 4.90 Å². The molecular formula is C21H13F2NO3S. The molecule has 1 atom stereocenters. The van der Waals surface area contributed by atoms with Crippen molar-refractivity contribution < 1.29 is 23.5 Å². The number of aliphatic hydroxyl groups excluding tert-OH is 1. The van der Waals surface area contributed by atoms with Crippen LogP contribution in [0.2, 0.25) is 0 Å². The molecule has 1 unspecified atom stereocenters. The van der Waals surface area contributed by atoms with Crippen molar-refractivity contribution >= 4 is 34.5 Å². The number of hydrogen-bond donors (Lipinski definition) is 1. The maximum atomic E-state index is 13.3. The Morgan fingerprint density at radius 1 is 0.929 bits per heavy atom. The Kier molecular flexibility index (Phi) is 4.52. The first-order chi connectivity index (χ1) is 13.5. The number of thiophene rings is 1. The van der Waals surface area contributed by atoms with Crippen LogP contribution in [-0.2, 0) is 9.59 Å². The molecule has 0 radical (unpaired) electrons. The number of Topliss-reactive ketones (excluding diaryl/α,β-unsaturated/α-hetero) is 1. The van der Waals surface area contributed by atoms with Gasteiger partial charge in [-0.15, -0.1) is 11.3 Å². The lowest BCUT2D eigenvalue weighted by atomic mass is 9.99. The minimum absolute atomic E-state index is 0.0941. The van der Waals surface area contributed by atoms with E-state index in [4.69, 9.17) is 0 Å². The molecule has 7 heteroatoms. The molecule has 1 amide bonds. The number of ketones is 1. The van der Waals surface area contributed by atoms with E-state index in [-0.39, 0.29) is 16.9 Å². The summed E-state index contributed by atoms with van der Waals surface area (Å²) in [7, 11) is 0. The van der Waals surface area contributed by atoms with Crippen molar-refractivity contribution in [2.24, 2.45) is 0 Å². The number of nitrogens with zero attached hydrogens (tertiary/aromatic N) is 1. The number of carbonyl (C=O) groups is 2. The fraction of sp³-hybridized carbons (Fsp3) is 0.0476. The normalized spacial score (nSPS) is 18.6. The number of aliphatic hydroxyl groups is 1. The van der Waals surface area contributed by atoms with Crippen molar-refractivity contribution in [3.63, 3.8) is 0 Å². The highest BCUT2D eigenvalue weighted by Gasteiger charge is 2.47. The van der Waals surface area contributed by atoms with Gasteiger partial charge in [0.25, 0.3) is 11.7 Å². The van der Waals surface area contributed by atoms with Gasteiger partial charge in [-0.05, 0) is 60.0 Å². The van der Waals surface area contributed by atoms with E-state index in [1.54, 1.807) is 17.5 Å². The summed E-state index contributed by atoms with van der Waals surface area (Å²) in [6, 6.07) is 12.8. The van der Waals surface area contributed by atoms with Gasteiger partial charge in [-0.2, -0.15) is 0 Å². The van der Waals surface area contributed by atoms with Gasteiger partial charge < -0.3 is 5.11 Å². The van der Waals surface area contributed by atoms with Crippen LogP contribution < -0.4 is 4.90 Å². The molecule has 1 N–H and O–H groups in total. The van der Waals surface area contributed by atoms with E-state index in [2.05, 4.69) is 0 Å². The van der Waals surface area contributed by atoms with Crippen molar-refractivity contribution in [1.82, 2.24) is 0 Å². The smallest absolute Gasteiger partial charge is 0.300 e. The maximum absolute atomic E-state index is 13.3. The molecule has 1 aliphatic rings. The SMILES string of the molecule is O=C1C(=O)N(c2ccc(F)cc2)C(c2cccs2)/C1=C(/O)c1ccc(F)cc1. The molecule has 2 heterocycles. The predicted molar refractivity (Wildman–Crippen MR) is 102 cm³/mol. The fourth-order valence-electron chi connectivity index (χ4n) is 3.18. The minimum Gasteiger partial charge on any atom is -0.507 e. The van der Waals surface area contributed by atoms with Crippen LogP contribution in [0.25, 0.3) is 5.76 Å². The van der Waals surface area contributed by atoms with Crippen LogP contribution in [0.4, 0.5) is 14.5 Å². The van der Waals surface area contributed by atoms with E-state index in [0.29, 0.717) is 10.6 Å². The van der Waals surface area contributed by atoms with Gasteiger partial charge in [0, 0.05) is 16.1 Å². The van der Waals surface area contributed by atoms with Crippen LogP contribution in [0.15, 0.2) is 71.6 Å². The molecule has 1 fully saturated rings. The molecule has 4 nitrogen and oxygen atoms in total. The molecule has 0 saturated carbocycles. The Morgan fingerprint density at radius 2 is 1.54 bits per heavy atom. The average Bonchev–Trinajstić information content (AvgIpc) is 3.30. The van der Waals surface area contributed by atoms with Crippen molar-refractivity contribution in [2.45, 2.75) is 6.04 Å². The van der Waals surface area contributed by atoms with Crippen molar-refractivity contribution in [3.8, 4) is 0 Å². The van der Waals surface area contributed by atoms with Crippen LogP contribution in [0, 0.1) is 11.6 Å². The van der Waals surface area contributed by atoms with E-state index in [9.17, 15) is 23.5 Å². The van der Waals surface area contributed by atoms with E-state index >= 15 is 0 Å². The highest BCUT2D eigenvalue weighted by Crippen LogP contribution is 2.43. The summed E-state index contributed by atoms with van der Waals surface area (Å²) in [5.41, 5.74) is 0.462. The summed E-state index contributed by atoms with van der Waals surface area (Å²) >= 11 is 1.32. The molecule has 3 aromatic rings. The van der Waals surface area contributed by atoms with Crippen LogP contribution in [0.3, 0.4) is 0 Å². The van der Waals surface area contributed by atoms with Gasteiger partial charge in [0.15, 0.2) is 0 Å². The van der Waals surface area contributed by atoms with Crippen LogP contribution >= 0.6 is 11.3 Å². The minimum atomic E-state index is -0.865. The fourth-order valence-corrected chi connectivity index (χ4v) is 4.00. The second kappa shape index (κ2) is 7.01. The number of amides is 1. The summed E-state index contributed by atoms with van der Waals surface area (Å²) in [5, 5.41) is 12.6. The van der Waals surface area contributed by atoms with Gasteiger partial charge in [-0.3, -0.25) is 14.5 Å². The third-order valence-corrected chi connectivity index (χ3v) is 5.40. The molecule has 0 bridgehead atoms. The van der Waals surface area contributed by atoms with Gasteiger partial charge in [-0.1, -0.05) is 6.07 Å². The third kappa shape index (κ3) is 2.99. The van der Waals surface area contributed by atoms with Gasteiger partial charge in [0.2, 0.25) is 0 Å². The van der Waals surface area contributed by atoms with Crippen LogP contribution in [0.5, 0.6) is 0 Å². The number of rotatable bonds is 3. The molecule has 0 spiro atoms. The Balaban J connectivity index is 1.91. The molecule has 4 rings (SSSR count). The number of benzene rings is 2. The molecular weight excluding hydrogens is 384 g/mol. The quantitative estimate of drug-likeness (QED) is 0.398. The molecule has 28 heavy (non-hydrogen) atoms. The molecule has 140 valence electrons. The zero-order chi connectivity index (χ0) is 19.8. The molecule has 1 saturated heterocycles. The molecule has 0 aliphatic carbocycles. The van der Waals surface area contributed by atoms with Gasteiger partial charge in [0.05, 0.1) is 5.57 Å². The molecule has 2 aromatic carbocycles. The number of hydrogen-bond acceptors (Lipinski definition) is 4.